The Balaban J connectivity index is 2.03. The van der Waals surface area contributed by atoms with Crippen LogP contribution in [-0.4, -0.2) is 12.6 Å². The number of halogens is 1. The molecule has 1 aromatic rings. The van der Waals surface area contributed by atoms with Crippen molar-refractivity contribution in [1.29, 1.82) is 0 Å². The van der Waals surface area contributed by atoms with Gasteiger partial charge in [-0.1, -0.05) is 26.0 Å². The molecule has 0 atom stereocenters. The summed E-state index contributed by atoms with van der Waals surface area (Å²) >= 11 is 3.57. The number of nitrogens with one attached hydrogen (secondary N) is 1. The van der Waals surface area contributed by atoms with E-state index in [-0.39, 0.29) is 0 Å². The number of hydrogen-bond donors (Lipinski definition) is 1. The standard InChI is InChI=1S/C14H20BrNO/c1-10(2)9-17-14-11(4-3-5-13(14)15)8-16-12-6-7-12/h3-5,10,12,16H,6-9H2,1-2H3. The Labute approximate surface area is 112 Å². The molecule has 1 aliphatic carbocycles. The molecule has 0 aliphatic heterocycles. The molecule has 3 heteroatoms. The third-order valence-corrected chi connectivity index (χ3v) is 3.39. The second-order valence-electron chi connectivity index (χ2n) is 5.09. The SMILES string of the molecule is CC(C)COc1c(Br)cccc1CNC1CC1. The molecule has 2 nitrogen and oxygen atoms in total. The quantitative estimate of drug-likeness (QED) is 0.864. The Morgan fingerprint density at radius 3 is 2.82 bits per heavy atom. The highest BCUT2D eigenvalue weighted by Gasteiger charge is 2.21. The molecular weight excluding hydrogens is 278 g/mol. The molecular formula is C14H20BrNO. The molecule has 1 N–H and O–H groups in total. The molecule has 0 saturated heterocycles. The van der Waals surface area contributed by atoms with Crippen LogP contribution < -0.4 is 10.1 Å². The Bertz CT molecular complexity index is 374. The van der Waals surface area contributed by atoms with E-state index in [1.54, 1.807) is 0 Å². The van der Waals surface area contributed by atoms with E-state index >= 15 is 0 Å². The summed E-state index contributed by atoms with van der Waals surface area (Å²) in [5.41, 5.74) is 1.24. The van der Waals surface area contributed by atoms with Crippen molar-refractivity contribution in [2.24, 2.45) is 5.92 Å². The minimum atomic E-state index is 0.548. The van der Waals surface area contributed by atoms with Crippen molar-refractivity contribution in [2.75, 3.05) is 6.61 Å². The Hall–Kier alpha value is -0.540. The molecule has 0 unspecified atom stereocenters. The summed E-state index contributed by atoms with van der Waals surface area (Å²) in [6.45, 7) is 5.99. The number of hydrogen-bond acceptors (Lipinski definition) is 2. The molecule has 1 fully saturated rings. The molecule has 0 spiro atoms. The van der Waals surface area contributed by atoms with E-state index in [0.29, 0.717) is 5.92 Å². The van der Waals surface area contributed by atoms with Gasteiger partial charge in [-0.05, 0) is 40.8 Å². The summed E-state index contributed by atoms with van der Waals surface area (Å²) in [6.07, 6.45) is 2.63. The zero-order valence-electron chi connectivity index (χ0n) is 10.5. The summed E-state index contributed by atoms with van der Waals surface area (Å²) in [5, 5.41) is 3.53. The van der Waals surface area contributed by atoms with Gasteiger partial charge in [-0.3, -0.25) is 0 Å². The number of ether oxygens (including phenoxy) is 1. The highest BCUT2D eigenvalue weighted by molar-refractivity contribution is 9.10. The van der Waals surface area contributed by atoms with Crippen LogP contribution in [0, 0.1) is 5.92 Å². The number of rotatable bonds is 6. The maximum atomic E-state index is 5.90. The third kappa shape index (κ3) is 4.00. The van der Waals surface area contributed by atoms with Crippen LogP contribution >= 0.6 is 15.9 Å². The molecule has 0 aromatic heterocycles. The van der Waals surface area contributed by atoms with Gasteiger partial charge in [-0.25, -0.2) is 0 Å². The van der Waals surface area contributed by atoms with Crippen LogP contribution in [0.2, 0.25) is 0 Å². The minimum absolute atomic E-state index is 0.548. The van der Waals surface area contributed by atoms with E-state index in [1.165, 1.54) is 18.4 Å². The summed E-state index contributed by atoms with van der Waals surface area (Å²) in [6, 6.07) is 6.97. The fourth-order valence-corrected chi connectivity index (χ4v) is 2.17. The predicted octanol–water partition coefficient (Wildman–Crippen LogP) is 3.74. The Kier molecular flexibility index (Phi) is 4.46. The molecule has 0 heterocycles. The second kappa shape index (κ2) is 5.87. The monoisotopic (exact) mass is 297 g/mol. The lowest BCUT2D eigenvalue weighted by molar-refractivity contribution is 0.266. The van der Waals surface area contributed by atoms with Gasteiger partial charge < -0.3 is 10.1 Å². The molecule has 0 amide bonds. The number of benzene rings is 1. The maximum Gasteiger partial charge on any atom is 0.137 e. The van der Waals surface area contributed by atoms with Gasteiger partial charge in [0.05, 0.1) is 11.1 Å². The first kappa shape index (κ1) is 12.9. The van der Waals surface area contributed by atoms with Gasteiger partial charge in [0, 0.05) is 18.2 Å². The average Bonchev–Trinajstić information content (AvgIpc) is 3.08. The zero-order valence-corrected chi connectivity index (χ0v) is 12.1. The van der Waals surface area contributed by atoms with Crippen molar-refractivity contribution in [3.05, 3.63) is 28.2 Å². The Morgan fingerprint density at radius 2 is 2.18 bits per heavy atom. The van der Waals surface area contributed by atoms with Crippen LogP contribution in [0.4, 0.5) is 0 Å². The van der Waals surface area contributed by atoms with Crippen molar-refractivity contribution in [2.45, 2.75) is 39.3 Å². The van der Waals surface area contributed by atoms with Crippen molar-refractivity contribution >= 4 is 15.9 Å². The van der Waals surface area contributed by atoms with Gasteiger partial charge in [-0.15, -0.1) is 0 Å². The van der Waals surface area contributed by atoms with E-state index in [0.717, 1.165) is 29.4 Å². The second-order valence-corrected chi connectivity index (χ2v) is 5.94. The molecule has 1 aromatic carbocycles. The fraction of sp³-hybridized carbons (Fsp3) is 0.571. The van der Waals surface area contributed by atoms with Gasteiger partial charge >= 0.3 is 0 Å². The Morgan fingerprint density at radius 1 is 1.41 bits per heavy atom. The molecule has 1 aliphatic rings. The molecule has 2 rings (SSSR count). The summed E-state index contributed by atoms with van der Waals surface area (Å²) in [4.78, 5) is 0. The largest absolute Gasteiger partial charge is 0.492 e. The molecule has 0 radical (unpaired) electrons. The summed E-state index contributed by atoms with van der Waals surface area (Å²) in [5.74, 6) is 1.54. The molecule has 94 valence electrons. The maximum absolute atomic E-state index is 5.90. The van der Waals surface area contributed by atoms with E-state index in [1.807, 2.05) is 6.07 Å². The fourth-order valence-electron chi connectivity index (χ4n) is 1.65. The van der Waals surface area contributed by atoms with Gasteiger partial charge in [-0.2, -0.15) is 0 Å². The normalized spacial score (nSPS) is 15.3. The first-order valence-corrected chi connectivity index (χ1v) is 7.09. The first-order valence-electron chi connectivity index (χ1n) is 6.30. The van der Waals surface area contributed by atoms with E-state index in [2.05, 4.69) is 47.2 Å². The van der Waals surface area contributed by atoms with Crippen molar-refractivity contribution in [3.8, 4) is 5.75 Å². The highest BCUT2D eigenvalue weighted by Crippen LogP contribution is 2.30. The summed E-state index contributed by atoms with van der Waals surface area (Å²) < 4.78 is 6.94. The van der Waals surface area contributed by atoms with E-state index in [4.69, 9.17) is 4.74 Å². The molecule has 1 saturated carbocycles. The van der Waals surface area contributed by atoms with Gasteiger partial charge in [0.1, 0.15) is 5.75 Å². The highest BCUT2D eigenvalue weighted by atomic mass is 79.9. The van der Waals surface area contributed by atoms with Crippen molar-refractivity contribution < 1.29 is 4.74 Å². The van der Waals surface area contributed by atoms with E-state index in [9.17, 15) is 0 Å². The lowest BCUT2D eigenvalue weighted by Gasteiger charge is -2.15. The van der Waals surface area contributed by atoms with Gasteiger partial charge in [0.15, 0.2) is 0 Å². The minimum Gasteiger partial charge on any atom is -0.492 e. The lowest BCUT2D eigenvalue weighted by atomic mass is 10.2. The van der Waals surface area contributed by atoms with Gasteiger partial charge in [0.2, 0.25) is 0 Å². The third-order valence-electron chi connectivity index (χ3n) is 2.77. The zero-order chi connectivity index (χ0) is 12.3. The first-order chi connectivity index (χ1) is 8.16. The van der Waals surface area contributed by atoms with Crippen LogP contribution in [0.3, 0.4) is 0 Å². The topological polar surface area (TPSA) is 21.3 Å². The van der Waals surface area contributed by atoms with Gasteiger partial charge in [0.25, 0.3) is 0 Å². The average molecular weight is 298 g/mol. The predicted molar refractivity (Wildman–Crippen MR) is 74.3 cm³/mol. The van der Waals surface area contributed by atoms with Crippen molar-refractivity contribution in [1.82, 2.24) is 5.32 Å². The molecule has 0 bridgehead atoms. The van der Waals surface area contributed by atoms with Crippen LogP contribution in [0.1, 0.15) is 32.3 Å². The smallest absolute Gasteiger partial charge is 0.137 e. The van der Waals surface area contributed by atoms with Crippen LogP contribution in [0.5, 0.6) is 5.75 Å². The van der Waals surface area contributed by atoms with Crippen LogP contribution in [0.15, 0.2) is 22.7 Å². The number of para-hydroxylation sites is 1. The molecule has 17 heavy (non-hydrogen) atoms. The van der Waals surface area contributed by atoms with Crippen molar-refractivity contribution in [3.63, 3.8) is 0 Å². The lowest BCUT2D eigenvalue weighted by Crippen LogP contribution is -2.16. The van der Waals surface area contributed by atoms with Crippen LogP contribution in [-0.2, 0) is 6.54 Å². The van der Waals surface area contributed by atoms with Crippen LogP contribution in [0.25, 0.3) is 0 Å². The summed E-state index contributed by atoms with van der Waals surface area (Å²) in [7, 11) is 0. The van der Waals surface area contributed by atoms with E-state index < -0.39 is 0 Å².